The van der Waals surface area contributed by atoms with Crippen molar-refractivity contribution in [1.82, 2.24) is 15.3 Å². The molecule has 0 atom stereocenters. The molecule has 0 fully saturated rings. The predicted molar refractivity (Wildman–Crippen MR) is 84.2 cm³/mol. The Morgan fingerprint density at radius 2 is 1.90 bits per heavy atom. The fourth-order valence-electron chi connectivity index (χ4n) is 2.18. The topological polar surface area (TPSA) is 37.8 Å². The van der Waals surface area contributed by atoms with Crippen LogP contribution in [0.1, 0.15) is 11.1 Å². The number of hydrogen-bond acceptors (Lipinski definition) is 3. The molecule has 2 aromatic heterocycles. The number of nitrogens with one attached hydrogen (secondary N) is 1. The summed E-state index contributed by atoms with van der Waals surface area (Å²) in [6, 6.07) is 12.2. The largest absolute Gasteiger partial charge is 0.308 e. The van der Waals surface area contributed by atoms with Gasteiger partial charge in [-0.1, -0.05) is 34.1 Å². The van der Waals surface area contributed by atoms with Crippen molar-refractivity contribution >= 4 is 26.8 Å². The Bertz CT molecular complexity index is 713. The minimum Gasteiger partial charge on any atom is -0.308 e. The Balaban J connectivity index is 1.77. The maximum absolute atomic E-state index is 4.49. The van der Waals surface area contributed by atoms with Gasteiger partial charge in [0.1, 0.15) is 0 Å². The standard InChI is InChI=1S/C16H14BrN3/c17-15-6-5-13(16-14(15)4-2-8-20-16)11-19-10-12-3-1-7-18-9-12/h1-9,19H,10-11H2. The Hall–Kier alpha value is -1.78. The van der Waals surface area contributed by atoms with E-state index in [9.17, 15) is 0 Å². The monoisotopic (exact) mass is 327 g/mol. The highest BCUT2D eigenvalue weighted by Gasteiger charge is 2.05. The van der Waals surface area contributed by atoms with Crippen molar-refractivity contribution in [2.24, 2.45) is 0 Å². The third-order valence-corrected chi connectivity index (χ3v) is 3.86. The molecule has 0 unspecified atom stereocenters. The lowest BCUT2D eigenvalue weighted by atomic mass is 10.1. The lowest BCUT2D eigenvalue weighted by Crippen LogP contribution is -2.13. The predicted octanol–water partition coefficient (Wildman–Crippen LogP) is 3.68. The molecule has 100 valence electrons. The third-order valence-electron chi connectivity index (χ3n) is 3.17. The first kappa shape index (κ1) is 13.2. The molecule has 1 N–H and O–H groups in total. The molecule has 3 rings (SSSR count). The van der Waals surface area contributed by atoms with Gasteiger partial charge in [0.25, 0.3) is 0 Å². The van der Waals surface area contributed by atoms with Crippen molar-refractivity contribution in [1.29, 1.82) is 0 Å². The van der Waals surface area contributed by atoms with Crippen molar-refractivity contribution in [3.63, 3.8) is 0 Å². The average molecular weight is 328 g/mol. The molecule has 2 heterocycles. The van der Waals surface area contributed by atoms with E-state index >= 15 is 0 Å². The van der Waals surface area contributed by atoms with Crippen molar-refractivity contribution in [3.8, 4) is 0 Å². The minimum absolute atomic E-state index is 0.787. The fraction of sp³-hybridized carbons (Fsp3) is 0.125. The van der Waals surface area contributed by atoms with Crippen LogP contribution in [-0.4, -0.2) is 9.97 Å². The summed E-state index contributed by atoms with van der Waals surface area (Å²) in [6.45, 7) is 1.59. The van der Waals surface area contributed by atoms with Gasteiger partial charge in [0.15, 0.2) is 0 Å². The Morgan fingerprint density at radius 3 is 2.75 bits per heavy atom. The molecule has 0 saturated carbocycles. The summed E-state index contributed by atoms with van der Waals surface area (Å²) in [5.74, 6) is 0. The SMILES string of the molecule is Brc1ccc(CNCc2cccnc2)c2ncccc12. The molecule has 0 aliphatic rings. The Morgan fingerprint density at radius 1 is 1.00 bits per heavy atom. The van der Waals surface area contributed by atoms with E-state index in [1.165, 1.54) is 11.1 Å². The van der Waals surface area contributed by atoms with Crippen molar-refractivity contribution in [2.45, 2.75) is 13.1 Å². The molecule has 4 heteroatoms. The molecule has 0 aliphatic carbocycles. The first-order chi connectivity index (χ1) is 9.84. The molecule has 0 saturated heterocycles. The van der Waals surface area contributed by atoms with Crippen LogP contribution in [0, 0.1) is 0 Å². The number of fused-ring (bicyclic) bond motifs is 1. The third kappa shape index (κ3) is 2.86. The van der Waals surface area contributed by atoms with Crippen LogP contribution in [-0.2, 0) is 13.1 Å². The summed E-state index contributed by atoms with van der Waals surface area (Å²) in [7, 11) is 0. The number of rotatable bonds is 4. The summed E-state index contributed by atoms with van der Waals surface area (Å²) in [5.41, 5.74) is 3.43. The highest BCUT2D eigenvalue weighted by atomic mass is 79.9. The number of aromatic nitrogens is 2. The smallest absolute Gasteiger partial charge is 0.0758 e. The Kier molecular flexibility index (Phi) is 4.04. The quantitative estimate of drug-likeness (QED) is 0.794. The number of benzene rings is 1. The number of pyridine rings is 2. The molecular formula is C16H14BrN3. The summed E-state index contributed by atoms with van der Waals surface area (Å²) in [6.07, 6.45) is 5.50. The van der Waals surface area contributed by atoms with Crippen LogP contribution in [0.25, 0.3) is 10.9 Å². The molecule has 0 radical (unpaired) electrons. The second kappa shape index (κ2) is 6.11. The number of nitrogens with zero attached hydrogens (tertiary/aromatic N) is 2. The summed E-state index contributed by atoms with van der Waals surface area (Å²) in [4.78, 5) is 8.60. The number of halogens is 1. The fourth-order valence-corrected chi connectivity index (χ4v) is 2.64. The van der Waals surface area contributed by atoms with Crippen LogP contribution in [0.2, 0.25) is 0 Å². The normalized spacial score (nSPS) is 10.8. The van der Waals surface area contributed by atoms with Crippen LogP contribution in [0.3, 0.4) is 0 Å². The lowest BCUT2D eigenvalue weighted by molar-refractivity contribution is 0.693. The van der Waals surface area contributed by atoms with Crippen LogP contribution >= 0.6 is 15.9 Å². The minimum atomic E-state index is 0.787. The van der Waals surface area contributed by atoms with Gasteiger partial charge in [-0.3, -0.25) is 9.97 Å². The first-order valence-electron chi connectivity index (χ1n) is 6.46. The lowest BCUT2D eigenvalue weighted by Gasteiger charge is -2.08. The summed E-state index contributed by atoms with van der Waals surface area (Å²) in [5, 5.41) is 4.58. The first-order valence-corrected chi connectivity index (χ1v) is 7.25. The van der Waals surface area contributed by atoms with E-state index in [4.69, 9.17) is 0 Å². The van der Waals surface area contributed by atoms with Gasteiger partial charge < -0.3 is 5.32 Å². The van der Waals surface area contributed by atoms with Gasteiger partial charge in [-0.2, -0.15) is 0 Å². The van der Waals surface area contributed by atoms with Crippen molar-refractivity contribution in [2.75, 3.05) is 0 Å². The molecule has 1 aromatic carbocycles. The van der Waals surface area contributed by atoms with E-state index in [1.54, 1.807) is 6.20 Å². The van der Waals surface area contributed by atoms with Gasteiger partial charge in [-0.25, -0.2) is 0 Å². The van der Waals surface area contributed by atoms with Crippen LogP contribution in [0.4, 0.5) is 0 Å². The summed E-state index contributed by atoms with van der Waals surface area (Å²) < 4.78 is 1.08. The van der Waals surface area contributed by atoms with E-state index in [1.807, 2.05) is 24.5 Å². The molecule has 0 amide bonds. The van der Waals surface area contributed by atoms with Gasteiger partial charge in [-0.05, 0) is 29.3 Å². The van der Waals surface area contributed by atoms with E-state index in [-0.39, 0.29) is 0 Å². The zero-order chi connectivity index (χ0) is 13.8. The van der Waals surface area contributed by atoms with Crippen molar-refractivity contribution in [3.05, 3.63) is 70.6 Å². The second-order valence-electron chi connectivity index (χ2n) is 4.57. The van der Waals surface area contributed by atoms with Gasteiger partial charge in [0.05, 0.1) is 5.52 Å². The Labute approximate surface area is 126 Å². The molecule has 20 heavy (non-hydrogen) atoms. The van der Waals surface area contributed by atoms with Gasteiger partial charge in [0.2, 0.25) is 0 Å². The molecule has 0 aliphatic heterocycles. The van der Waals surface area contributed by atoms with Crippen molar-refractivity contribution < 1.29 is 0 Å². The maximum Gasteiger partial charge on any atom is 0.0758 e. The van der Waals surface area contributed by atoms with E-state index in [2.05, 4.69) is 55.5 Å². The molecule has 3 aromatic rings. The zero-order valence-corrected chi connectivity index (χ0v) is 12.5. The van der Waals surface area contributed by atoms with E-state index < -0.39 is 0 Å². The van der Waals surface area contributed by atoms with Gasteiger partial charge in [0, 0.05) is 41.5 Å². The molecule has 0 bridgehead atoms. The van der Waals surface area contributed by atoms with E-state index in [0.717, 1.165) is 28.5 Å². The molecular weight excluding hydrogens is 314 g/mol. The molecule has 3 nitrogen and oxygen atoms in total. The second-order valence-corrected chi connectivity index (χ2v) is 5.43. The zero-order valence-electron chi connectivity index (χ0n) is 10.9. The van der Waals surface area contributed by atoms with Crippen LogP contribution in [0.5, 0.6) is 0 Å². The van der Waals surface area contributed by atoms with Gasteiger partial charge in [-0.15, -0.1) is 0 Å². The maximum atomic E-state index is 4.49. The van der Waals surface area contributed by atoms with Crippen LogP contribution < -0.4 is 5.32 Å². The summed E-state index contributed by atoms with van der Waals surface area (Å²) >= 11 is 3.57. The van der Waals surface area contributed by atoms with Gasteiger partial charge >= 0.3 is 0 Å². The average Bonchev–Trinajstić information content (AvgIpc) is 2.51. The molecule has 0 spiro atoms. The highest BCUT2D eigenvalue weighted by molar-refractivity contribution is 9.10. The van der Waals surface area contributed by atoms with E-state index in [0.29, 0.717) is 0 Å². The highest BCUT2D eigenvalue weighted by Crippen LogP contribution is 2.25. The van der Waals surface area contributed by atoms with Crippen LogP contribution in [0.15, 0.2) is 59.5 Å². The number of hydrogen-bond donors (Lipinski definition) is 1.